The van der Waals surface area contributed by atoms with E-state index in [1.165, 1.54) is 4.90 Å². The first kappa shape index (κ1) is 12.0. The van der Waals surface area contributed by atoms with Crippen molar-refractivity contribution in [3.05, 3.63) is 34.3 Å². The predicted octanol–water partition coefficient (Wildman–Crippen LogP) is 1.71. The third-order valence-corrected chi connectivity index (χ3v) is 2.29. The molecule has 1 amide bonds. The van der Waals surface area contributed by atoms with E-state index < -0.39 is 0 Å². The lowest BCUT2D eigenvalue weighted by molar-refractivity contribution is 0.0767. The topological polar surface area (TPSA) is 40.5 Å². The van der Waals surface area contributed by atoms with Gasteiger partial charge < -0.3 is 10.0 Å². The zero-order valence-corrected chi connectivity index (χ0v) is 9.58. The van der Waals surface area contributed by atoms with Gasteiger partial charge in [-0.05, 0) is 30.7 Å². The Balaban J connectivity index is 2.90. The molecule has 0 saturated carbocycles. The van der Waals surface area contributed by atoms with E-state index in [-0.39, 0.29) is 12.5 Å². The van der Waals surface area contributed by atoms with Crippen LogP contribution in [0.3, 0.4) is 0 Å². The average molecular weight is 228 g/mol. The van der Waals surface area contributed by atoms with E-state index in [1.54, 1.807) is 25.2 Å². The molecule has 15 heavy (non-hydrogen) atoms. The first-order valence-corrected chi connectivity index (χ1v) is 5.06. The highest BCUT2D eigenvalue weighted by Crippen LogP contribution is 2.15. The first-order valence-electron chi connectivity index (χ1n) is 4.68. The largest absolute Gasteiger partial charge is 0.395 e. The van der Waals surface area contributed by atoms with E-state index in [4.69, 9.17) is 16.7 Å². The molecule has 1 aromatic carbocycles. The van der Waals surface area contributed by atoms with Crippen LogP contribution in [0, 0.1) is 6.92 Å². The molecule has 0 aromatic heterocycles. The SMILES string of the molecule is Cc1cc(Cl)cc(C(=O)N(C)CCO)c1. The van der Waals surface area contributed by atoms with Crippen molar-refractivity contribution < 1.29 is 9.90 Å². The molecule has 0 bridgehead atoms. The van der Waals surface area contributed by atoms with Crippen molar-refractivity contribution in [1.29, 1.82) is 0 Å². The van der Waals surface area contributed by atoms with Crippen LogP contribution in [0.15, 0.2) is 18.2 Å². The molecule has 0 unspecified atom stereocenters. The average Bonchev–Trinajstić information content (AvgIpc) is 2.15. The van der Waals surface area contributed by atoms with Crippen molar-refractivity contribution in [1.82, 2.24) is 4.90 Å². The van der Waals surface area contributed by atoms with Gasteiger partial charge in [-0.2, -0.15) is 0 Å². The van der Waals surface area contributed by atoms with Gasteiger partial charge in [0.2, 0.25) is 0 Å². The summed E-state index contributed by atoms with van der Waals surface area (Å²) >= 11 is 5.86. The summed E-state index contributed by atoms with van der Waals surface area (Å²) in [5, 5.41) is 9.27. The number of nitrogens with zero attached hydrogens (tertiary/aromatic N) is 1. The Kier molecular flexibility index (Phi) is 4.12. The highest BCUT2D eigenvalue weighted by atomic mass is 35.5. The van der Waals surface area contributed by atoms with E-state index >= 15 is 0 Å². The number of carbonyl (C=O) groups excluding carboxylic acids is 1. The second-order valence-electron chi connectivity index (χ2n) is 3.47. The molecular weight excluding hydrogens is 214 g/mol. The Morgan fingerprint density at radius 3 is 2.67 bits per heavy atom. The van der Waals surface area contributed by atoms with Gasteiger partial charge in [-0.25, -0.2) is 0 Å². The van der Waals surface area contributed by atoms with E-state index in [9.17, 15) is 4.79 Å². The molecule has 82 valence electrons. The van der Waals surface area contributed by atoms with E-state index in [2.05, 4.69) is 0 Å². The Labute approximate surface area is 94.3 Å². The normalized spacial score (nSPS) is 10.1. The summed E-state index contributed by atoms with van der Waals surface area (Å²) in [4.78, 5) is 13.3. The van der Waals surface area contributed by atoms with Gasteiger partial charge in [0.15, 0.2) is 0 Å². The molecule has 4 heteroatoms. The van der Waals surface area contributed by atoms with Crippen molar-refractivity contribution in [2.45, 2.75) is 6.92 Å². The summed E-state index contributed by atoms with van der Waals surface area (Å²) in [5.41, 5.74) is 1.50. The Morgan fingerprint density at radius 1 is 1.47 bits per heavy atom. The fourth-order valence-electron chi connectivity index (χ4n) is 1.33. The summed E-state index contributed by atoms with van der Waals surface area (Å²) in [7, 11) is 1.65. The number of carbonyl (C=O) groups is 1. The maximum Gasteiger partial charge on any atom is 0.253 e. The van der Waals surface area contributed by atoms with Crippen molar-refractivity contribution in [3.63, 3.8) is 0 Å². The van der Waals surface area contributed by atoms with Gasteiger partial charge in [-0.1, -0.05) is 11.6 Å². The van der Waals surface area contributed by atoms with Crippen LogP contribution in [0.1, 0.15) is 15.9 Å². The van der Waals surface area contributed by atoms with Crippen LogP contribution in [0.2, 0.25) is 5.02 Å². The number of amides is 1. The van der Waals surface area contributed by atoms with E-state index in [1.807, 2.05) is 6.92 Å². The molecule has 0 heterocycles. The zero-order valence-electron chi connectivity index (χ0n) is 8.83. The van der Waals surface area contributed by atoms with Crippen LogP contribution < -0.4 is 0 Å². The van der Waals surface area contributed by atoms with Gasteiger partial charge in [-0.15, -0.1) is 0 Å². The summed E-state index contributed by atoms with van der Waals surface area (Å²) in [6, 6.07) is 5.21. The van der Waals surface area contributed by atoms with Gasteiger partial charge >= 0.3 is 0 Å². The molecule has 3 nitrogen and oxygen atoms in total. The number of halogens is 1. The molecule has 0 radical (unpaired) electrons. The summed E-state index contributed by atoms with van der Waals surface area (Å²) < 4.78 is 0. The van der Waals surface area contributed by atoms with Crippen LogP contribution in [0.25, 0.3) is 0 Å². The molecule has 1 N–H and O–H groups in total. The van der Waals surface area contributed by atoms with Crippen LogP contribution in [0.4, 0.5) is 0 Å². The fraction of sp³-hybridized carbons (Fsp3) is 0.364. The van der Waals surface area contributed by atoms with Crippen molar-refractivity contribution in [2.24, 2.45) is 0 Å². The summed E-state index contributed by atoms with van der Waals surface area (Å²) in [6.45, 7) is 2.17. The van der Waals surface area contributed by atoms with Crippen LogP contribution in [-0.2, 0) is 0 Å². The number of hydrogen-bond donors (Lipinski definition) is 1. The molecule has 0 saturated heterocycles. The number of rotatable bonds is 3. The lowest BCUT2D eigenvalue weighted by atomic mass is 10.1. The Bertz CT molecular complexity index is 345. The second-order valence-corrected chi connectivity index (χ2v) is 3.90. The van der Waals surface area contributed by atoms with Crippen LogP contribution in [0.5, 0.6) is 0 Å². The summed E-state index contributed by atoms with van der Waals surface area (Å²) in [5.74, 6) is -0.130. The minimum atomic E-state index is -0.130. The minimum absolute atomic E-state index is 0.0399. The molecule has 0 atom stereocenters. The van der Waals surface area contributed by atoms with Gasteiger partial charge in [0.05, 0.1) is 6.61 Å². The molecule has 0 fully saturated rings. The fourth-order valence-corrected chi connectivity index (χ4v) is 1.62. The highest BCUT2D eigenvalue weighted by molar-refractivity contribution is 6.31. The van der Waals surface area contributed by atoms with Gasteiger partial charge in [0.1, 0.15) is 0 Å². The van der Waals surface area contributed by atoms with Crippen LogP contribution in [-0.4, -0.2) is 36.1 Å². The third-order valence-electron chi connectivity index (χ3n) is 2.07. The number of likely N-dealkylation sites (N-methyl/N-ethyl adjacent to an activating group) is 1. The predicted molar refractivity (Wildman–Crippen MR) is 60.2 cm³/mol. The van der Waals surface area contributed by atoms with E-state index in [0.29, 0.717) is 17.1 Å². The summed E-state index contributed by atoms with van der Waals surface area (Å²) in [6.07, 6.45) is 0. The second kappa shape index (κ2) is 5.14. The standard InChI is InChI=1S/C11H14ClNO2/c1-8-5-9(7-10(12)6-8)11(15)13(2)3-4-14/h5-7,14H,3-4H2,1-2H3. The molecule has 0 spiro atoms. The molecule has 0 aliphatic heterocycles. The molecule has 0 aliphatic rings. The Hall–Kier alpha value is -1.06. The lowest BCUT2D eigenvalue weighted by Crippen LogP contribution is -2.29. The first-order chi connectivity index (χ1) is 7.04. The maximum atomic E-state index is 11.8. The molecular formula is C11H14ClNO2. The zero-order chi connectivity index (χ0) is 11.4. The van der Waals surface area contributed by atoms with Crippen molar-refractivity contribution >= 4 is 17.5 Å². The molecule has 0 aliphatic carbocycles. The van der Waals surface area contributed by atoms with Crippen LogP contribution >= 0.6 is 11.6 Å². The minimum Gasteiger partial charge on any atom is -0.395 e. The van der Waals surface area contributed by atoms with E-state index in [0.717, 1.165) is 5.56 Å². The van der Waals surface area contributed by atoms with Gasteiger partial charge in [0, 0.05) is 24.2 Å². The van der Waals surface area contributed by atoms with Crippen molar-refractivity contribution in [2.75, 3.05) is 20.2 Å². The van der Waals surface area contributed by atoms with Crippen molar-refractivity contribution in [3.8, 4) is 0 Å². The number of aliphatic hydroxyl groups is 1. The molecule has 1 rings (SSSR count). The molecule has 1 aromatic rings. The third kappa shape index (κ3) is 3.22. The monoisotopic (exact) mass is 227 g/mol. The Morgan fingerprint density at radius 2 is 2.13 bits per heavy atom. The smallest absolute Gasteiger partial charge is 0.253 e. The number of aryl methyl sites for hydroxylation is 1. The maximum absolute atomic E-state index is 11.8. The quantitative estimate of drug-likeness (QED) is 0.854. The number of aliphatic hydroxyl groups excluding tert-OH is 1. The van der Waals surface area contributed by atoms with Gasteiger partial charge in [0.25, 0.3) is 5.91 Å². The number of benzene rings is 1. The highest BCUT2D eigenvalue weighted by Gasteiger charge is 2.11. The lowest BCUT2D eigenvalue weighted by Gasteiger charge is -2.16. The number of hydrogen-bond acceptors (Lipinski definition) is 2. The van der Waals surface area contributed by atoms with Gasteiger partial charge in [-0.3, -0.25) is 4.79 Å².